The van der Waals surface area contributed by atoms with E-state index in [0.717, 1.165) is 25.7 Å². The first-order valence-corrected chi connectivity index (χ1v) is 11.8. The van der Waals surface area contributed by atoms with E-state index in [-0.39, 0.29) is 28.4 Å². The molecule has 2 fully saturated rings. The molecule has 10 heteroatoms. The van der Waals surface area contributed by atoms with Gasteiger partial charge in [-0.3, -0.25) is 4.79 Å². The number of ether oxygens (including phenoxy) is 1. The molecule has 1 saturated heterocycles. The molecule has 1 aliphatic carbocycles. The Morgan fingerprint density at radius 2 is 1.87 bits per heavy atom. The number of carbonyl (C=O) groups excluding carboxylic acids is 2. The van der Waals surface area contributed by atoms with Crippen LogP contribution >= 0.6 is 0 Å². The maximum absolute atomic E-state index is 13.2. The normalized spacial score (nSPS) is 18.8. The van der Waals surface area contributed by atoms with Crippen LogP contribution in [0.5, 0.6) is 0 Å². The molecule has 1 aromatic heterocycles. The SMILES string of the molecule is Cc1oc(C(=O)N(NC(=O)OC(C)(C)C)[C@H](C)C2CC2)cc1S(=O)(=O)N1CCCC1. The molecule has 168 valence electrons. The van der Waals surface area contributed by atoms with Crippen molar-refractivity contribution < 1.29 is 27.2 Å². The van der Waals surface area contributed by atoms with Gasteiger partial charge in [0.1, 0.15) is 16.3 Å². The first-order valence-electron chi connectivity index (χ1n) is 10.3. The second kappa shape index (κ2) is 8.22. The standard InChI is InChI=1S/C20H31N3O6S/c1-13(15-8-9-15)23(21-19(25)29-20(3,4)5)18(24)16-12-17(14(2)28-16)30(26,27)22-10-6-7-11-22/h12-13,15H,6-11H2,1-5H3,(H,21,25)/t13-/m1/s1. The minimum absolute atomic E-state index is 0.0101. The summed E-state index contributed by atoms with van der Waals surface area (Å²) in [6.07, 6.45) is 2.78. The molecular weight excluding hydrogens is 410 g/mol. The Kier molecular flexibility index (Phi) is 6.20. The Bertz CT molecular complexity index is 907. The molecule has 30 heavy (non-hydrogen) atoms. The van der Waals surface area contributed by atoms with E-state index in [1.54, 1.807) is 20.8 Å². The number of hydrogen-bond donors (Lipinski definition) is 1. The van der Waals surface area contributed by atoms with Gasteiger partial charge in [0, 0.05) is 19.2 Å². The van der Waals surface area contributed by atoms with Crippen molar-refractivity contribution in [1.82, 2.24) is 14.7 Å². The predicted octanol–water partition coefficient (Wildman–Crippen LogP) is 3.05. The first-order chi connectivity index (χ1) is 13.9. The summed E-state index contributed by atoms with van der Waals surface area (Å²) in [5.41, 5.74) is 1.80. The lowest BCUT2D eigenvalue weighted by atomic mass is 10.2. The van der Waals surface area contributed by atoms with Crippen LogP contribution in [0.2, 0.25) is 0 Å². The smallest absolute Gasteiger partial charge is 0.426 e. The zero-order chi connectivity index (χ0) is 22.3. The summed E-state index contributed by atoms with van der Waals surface area (Å²) in [7, 11) is -3.72. The van der Waals surface area contributed by atoms with E-state index in [4.69, 9.17) is 9.15 Å². The second-order valence-corrected chi connectivity index (χ2v) is 10.9. The van der Waals surface area contributed by atoms with Gasteiger partial charge < -0.3 is 9.15 Å². The molecule has 1 N–H and O–H groups in total. The lowest BCUT2D eigenvalue weighted by Gasteiger charge is -2.30. The van der Waals surface area contributed by atoms with Gasteiger partial charge in [-0.15, -0.1) is 0 Å². The summed E-state index contributed by atoms with van der Waals surface area (Å²) in [4.78, 5) is 25.5. The van der Waals surface area contributed by atoms with Crippen molar-refractivity contribution in [1.29, 1.82) is 0 Å². The van der Waals surface area contributed by atoms with Gasteiger partial charge >= 0.3 is 12.0 Å². The van der Waals surface area contributed by atoms with Crippen molar-refractivity contribution in [2.75, 3.05) is 13.1 Å². The third-order valence-electron chi connectivity index (χ3n) is 5.31. The maximum atomic E-state index is 13.2. The zero-order valence-corrected chi connectivity index (χ0v) is 19.0. The minimum Gasteiger partial charge on any atom is -0.455 e. The van der Waals surface area contributed by atoms with Crippen molar-refractivity contribution in [2.24, 2.45) is 5.92 Å². The van der Waals surface area contributed by atoms with Crippen molar-refractivity contribution in [3.63, 3.8) is 0 Å². The molecule has 0 unspecified atom stereocenters. The molecule has 3 rings (SSSR count). The Morgan fingerprint density at radius 1 is 1.27 bits per heavy atom. The summed E-state index contributed by atoms with van der Waals surface area (Å²) in [5, 5.41) is 1.19. The number of sulfonamides is 1. The van der Waals surface area contributed by atoms with Gasteiger partial charge in [0.05, 0.1) is 6.04 Å². The van der Waals surface area contributed by atoms with Crippen LogP contribution in [0.15, 0.2) is 15.4 Å². The van der Waals surface area contributed by atoms with Crippen molar-refractivity contribution in [2.45, 2.75) is 76.8 Å². The summed E-state index contributed by atoms with van der Waals surface area (Å²) in [6, 6.07) is 0.975. The average molecular weight is 442 g/mol. The predicted molar refractivity (Wildman–Crippen MR) is 109 cm³/mol. The van der Waals surface area contributed by atoms with Gasteiger partial charge in [-0.05, 0) is 66.2 Å². The molecule has 0 spiro atoms. The summed E-state index contributed by atoms with van der Waals surface area (Å²) < 4.78 is 38.0. The molecule has 2 amide bonds. The average Bonchev–Trinajstić information content (AvgIpc) is 3.16. The van der Waals surface area contributed by atoms with Crippen LogP contribution in [0, 0.1) is 12.8 Å². The van der Waals surface area contributed by atoms with Crippen LogP contribution in [0.1, 0.15) is 69.7 Å². The highest BCUT2D eigenvalue weighted by molar-refractivity contribution is 7.89. The van der Waals surface area contributed by atoms with E-state index >= 15 is 0 Å². The molecule has 9 nitrogen and oxygen atoms in total. The molecule has 0 radical (unpaired) electrons. The second-order valence-electron chi connectivity index (χ2n) is 9.01. The van der Waals surface area contributed by atoms with Crippen LogP contribution in [0.25, 0.3) is 0 Å². The number of nitrogens with one attached hydrogen (secondary N) is 1. The van der Waals surface area contributed by atoms with E-state index in [1.165, 1.54) is 22.3 Å². The van der Waals surface area contributed by atoms with Crippen molar-refractivity contribution in [3.8, 4) is 0 Å². The van der Waals surface area contributed by atoms with Crippen molar-refractivity contribution in [3.05, 3.63) is 17.6 Å². The molecule has 2 aliphatic rings. The maximum Gasteiger partial charge on any atom is 0.426 e. The fourth-order valence-corrected chi connectivity index (χ4v) is 5.22. The third kappa shape index (κ3) is 4.97. The third-order valence-corrected chi connectivity index (χ3v) is 7.31. The van der Waals surface area contributed by atoms with Gasteiger partial charge in [0.2, 0.25) is 10.0 Å². The molecule has 0 aromatic carbocycles. The Morgan fingerprint density at radius 3 is 2.40 bits per heavy atom. The highest BCUT2D eigenvalue weighted by Crippen LogP contribution is 2.35. The number of amides is 2. The number of hydrogen-bond acceptors (Lipinski definition) is 6. The van der Waals surface area contributed by atoms with Crippen LogP contribution in [0.4, 0.5) is 4.79 Å². The molecule has 1 aliphatic heterocycles. The van der Waals surface area contributed by atoms with E-state index in [1.807, 2.05) is 6.92 Å². The number of furan rings is 1. The van der Waals surface area contributed by atoms with Gasteiger partial charge in [-0.25, -0.2) is 23.6 Å². The van der Waals surface area contributed by atoms with E-state index in [2.05, 4.69) is 5.43 Å². The Hall–Kier alpha value is -2.07. The Balaban J connectivity index is 1.85. The van der Waals surface area contributed by atoms with E-state index < -0.39 is 27.6 Å². The summed E-state index contributed by atoms with van der Waals surface area (Å²) >= 11 is 0. The Labute approximate surface area is 177 Å². The van der Waals surface area contributed by atoms with Crippen LogP contribution in [-0.2, 0) is 14.8 Å². The number of aryl methyl sites for hydroxylation is 1. The van der Waals surface area contributed by atoms with Gasteiger partial charge in [-0.1, -0.05) is 0 Å². The first kappa shape index (κ1) is 22.6. The highest BCUT2D eigenvalue weighted by atomic mass is 32.2. The largest absolute Gasteiger partial charge is 0.455 e. The molecule has 2 heterocycles. The highest BCUT2D eigenvalue weighted by Gasteiger charge is 2.39. The molecular formula is C20H31N3O6S. The van der Waals surface area contributed by atoms with E-state index in [0.29, 0.717) is 13.1 Å². The lowest BCUT2D eigenvalue weighted by molar-refractivity contribution is 0.0197. The fourth-order valence-electron chi connectivity index (χ4n) is 3.54. The van der Waals surface area contributed by atoms with Gasteiger partial charge in [0.15, 0.2) is 5.76 Å². The topological polar surface area (TPSA) is 109 Å². The summed E-state index contributed by atoms with van der Waals surface area (Å²) in [6.45, 7) is 9.47. The quantitative estimate of drug-likeness (QED) is 0.704. The summed E-state index contributed by atoms with van der Waals surface area (Å²) in [5.74, 6) is -0.325. The molecule has 0 bridgehead atoms. The van der Waals surface area contributed by atoms with Gasteiger partial charge in [0.25, 0.3) is 0 Å². The number of hydrazine groups is 1. The zero-order valence-electron chi connectivity index (χ0n) is 18.2. The number of rotatable bonds is 5. The monoisotopic (exact) mass is 441 g/mol. The molecule has 1 aromatic rings. The van der Waals surface area contributed by atoms with Crippen LogP contribution < -0.4 is 5.43 Å². The number of carbonyl (C=O) groups is 2. The number of nitrogens with zero attached hydrogens (tertiary/aromatic N) is 2. The van der Waals surface area contributed by atoms with Crippen LogP contribution in [-0.4, -0.2) is 54.5 Å². The van der Waals surface area contributed by atoms with Crippen molar-refractivity contribution >= 4 is 22.0 Å². The lowest BCUT2D eigenvalue weighted by Crippen LogP contribution is -2.52. The minimum atomic E-state index is -3.72. The molecule has 1 saturated carbocycles. The molecule has 1 atom stereocenters. The van der Waals surface area contributed by atoms with E-state index in [9.17, 15) is 18.0 Å². The van der Waals surface area contributed by atoms with Crippen LogP contribution in [0.3, 0.4) is 0 Å². The van der Waals surface area contributed by atoms with Gasteiger partial charge in [-0.2, -0.15) is 4.31 Å². The fraction of sp³-hybridized carbons (Fsp3) is 0.700.